The number of nitrogens with zero attached hydrogens (tertiary/aromatic N) is 1. The highest BCUT2D eigenvalue weighted by Gasteiger charge is 2.27. The second-order valence-electron chi connectivity index (χ2n) is 6.42. The van der Waals surface area contributed by atoms with Gasteiger partial charge in [-0.25, -0.2) is 0 Å². The number of aliphatic hydroxyl groups is 1. The van der Waals surface area contributed by atoms with Crippen LogP contribution in [0.1, 0.15) is 38.9 Å². The van der Waals surface area contributed by atoms with Gasteiger partial charge in [-0.3, -0.25) is 4.99 Å². The molecule has 0 saturated carbocycles. The van der Waals surface area contributed by atoms with Crippen molar-refractivity contribution in [3.63, 3.8) is 0 Å². The van der Waals surface area contributed by atoms with Crippen molar-refractivity contribution in [3.05, 3.63) is 29.8 Å². The Morgan fingerprint density at radius 2 is 1.86 bits per heavy atom. The summed E-state index contributed by atoms with van der Waals surface area (Å²) in [5.74, 6) is 1.22. The first-order valence-electron chi connectivity index (χ1n) is 9.32. The zero-order valence-electron chi connectivity index (χ0n) is 16.6. The lowest BCUT2D eigenvalue weighted by Gasteiger charge is -2.14. The number of aliphatic hydroxyl groups excluding tert-OH is 1. The van der Waals surface area contributed by atoms with Gasteiger partial charge in [-0.1, -0.05) is 12.1 Å². The molecule has 1 unspecified atom stereocenters. The molecule has 0 amide bonds. The second-order valence-corrected chi connectivity index (χ2v) is 6.42. The number of alkyl halides is 3. The van der Waals surface area contributed by atoms with E-state index < -0.39 is 18.9 Å². The number of benzene rings is 1. The van der Waals surface area contributed by atoms with Crippen molar-refractivity contribution in [3.8, 4) is 5.75 Å². The zero-order valence-corrected chi connectivity index (χ0v) is 16.6. The van der Waals surface area contributed by atoms with Crippen LogP contribution < -0.4 is 15.4 Å². The highest BCUT2D eigenvalue weighted by atomic mass is 19.4. The number of rotatable bonds is 11. The van der Waals surface area contributed by atoms with Crippen molar-refractivity contribution in [1.82, 2.24) is 10.6 Å². The van der Waals surface area contributed by atoms with Gasteiger partial charge in [-0.15, -0.1) is 0 Å². The summed E-state index contributed by atoms with van der Waals surface area (Å²) >= 11 is 0. The number of guanidine groups is 1. The summed E-state index contributed by atoms with van der Waals surface area (Å²) in [5, 5.41) is 16.3. The Morgan fingerprint density at radius 1 is 1.18 bits per heavy atom. The third-order valence-electron chi connectivity index (χ3n) is 3.43. The van der Waals surface area contributed by atoms with E-state index >= 15 is 0 Å². The summed E-state index contributed by atoms with van der Waals surface area (Å²) in [4.78, 5) is 4.31. The smallest absolute Gasteiger partial charge is 0.411 e. The first kappa shape index (κ1) is 24.0. The molecular formula is C19H30F3N3O3. The van der Waals surface area contributed by atoms with Crippen molar-refractivity contribution >= 4 is 5.96 Å². The summed E-state index contributed by atoms with van der Waals surface area (Å²) in [7, 11) is 0. The lowest BCUT2D eigenvalue weighted by molar-refractivity contribution is -0.173. The molecule has 1 aromatic rings. The van der Waals surface area contributed by atoms with Gasteiger partial charge in [0.15, 0.2) is 5.96 Å². The van der Waals surface area contributed by atoms with Gasteiger partial charge in [0.2, 0.25) is 0 Å². The van der Waals surface area contributed by atoms with Crippen LogP contribution in [0.3, 0.4) is 0 Å². The van der Waals surface area contributed by atoms with E-state index in [1.807, 2.05) is 20.8 Å². The highest BCUT2D eigenvalue weighted by molar-refractivity contribution is 5.79. The summed E-state index contributed by atoms with van der Waals surface area (Å²) in [6.45, 7) is 5.70. The van der Waals surface area contributed by atoms with E-state index in [1.165, 1.54) is 0 Å². The summed E-state index contributed by atoms with van der Waals surface area (Å²) in [6, 6.07) is 7.17. The van der Waals surface area contributed by atoms with E-state index in [1.54, 1.807) is 24.3 Å². The lowest BCUT2D eigenvalue weighted by Crippen LogP contribution is -2.38. The maximum atomic E-state index is 12.0. The molecule has 0 aliphatic rings. The van der Waals surface area contributed by atoms with E-state index in [0.29, 0.717) is 25.5 Å². The van der Waals surface area contributed by atoms with Gasteiger partial charge < -0.3 is 25.2 Å². The summed E-state index contributed by atoms with van der Waals surface area (Å²) in [5.41, 5.74) is 0.719. The molecule has 160 valence electrons. The van der Waals surface area contributed by atoms with Crippen LogP contribution in [0.25, 0.3) is 0 Å². The molecule has 0 fully saturated rings. The first-order valence-corrected chi connectivity index (χ1v) is 9.32. The van der Waals surface area contributed by atoms with Gasteiger partial charge >= 0.3 is 6.18 Å². The van der Waals surface area contributed by atoms with Gasteiger partial charge in [-0.2, -0.15) is 13.2 Å². The van der Waals surface area contributed by atoms with Crippen LogP contribution in [0.4, 0.5) is 13.2 Å². The van der Waals surface area contributed by atoms with Gasteiger partial charge in [0.05, 0.1) is 18.8 Å². The average Bonchev–Trinajstić information content (AvgIpc) is 2.61. The molecule has 0 heterocycles. The number of hydrogen-bond acceptors (Lipinski definition) is 4. The summed E-state index contributed by atoms with van der Waals surface area (Å²) in [6.07, 6.45) is -4.61. The van der Waals surface area contributed by atoms with Gasteiger partial charge in [0.1, 0.15) is 12.4 Å². The molecule has 1 aromatic carbocycles. The van der Waals surface area contributed by atoms with Gasteiger partial charge in [0, 0.05) is 19.7 Å². The Balaban J connectivity index is 2.43. The molecule has 0 radical (unpaired) electrons. The number of halogens is 3. The summed E-state index contributed by atoms with van der Waals surface area (Å²) < 4.78 is 46.1. The normalized spacial score (nSPS) is 13.5. The standard InChI is InChI=1S/C19H30F3N3O3/c1-4-23-18(24-10-5-11-27-13-19(20,21)22)25-12-17(26)15-6-8-16(9-7-15)28-14(2)3/h6-9,14,17,26H,4-5,10-13H2,1-3H3,(H2,23,24,25). The van der Waals surface area contributed by atoms with E-state index in [-0.39, 0.29) is 19.3 Å². The lowest BCUT2D eigenvalue weighted by atomic mass is 10.1. The number of aliphatic imine (C=N–C) groups is 1. The number of ether oxygens (including phenoxy) is 2. The fourth-order valence-corrected chi connectivity index (χ4v) is 2.23. The molecule has 9 heteroatoms. The van der Waals surface area contributed by atoms with Crippen LogP contribution in [0.2, 0.25) is 0 Å². The van der Waals surface area contributed by atoms with Crippen LogP contribution in [-0.2, 0) is 4.74 Å². The van der Waals surface area contributed by atoms with Crippen molar-refractivity contribution in [2.45, 2.75) is 45.6 Å². The molecule has 28 heavy (non-hydrogen) atoms. The molecule has 0 aliphatic carbocycles. The third-order valence-corrected chi connectivity index (χ3v) is 3.43. The Morgan fingerprint density at radius 3 is 2.43 bits per heavy atom. The molecule has 0 spiro atoms. The molecule has 1 rings (SSSR count). The van der Waals surface area contributed by atoms with Crippen molar-refractivity contribution in [1.29, 1.82) is 0 Å². The predicted octanol–water partition coefficient (Wildman–Crippen LogP) is 3.03. The minimum atomic E-state index is -4.31. The largest absolute Gasteiger partial charge is 0.491 e. The third kappa shape index (κ3) is 11.0. The van der Waals surface area contributed by atoms with Gasteiger partial charge in [-0.05, 0) is 44.9 Å². The molecular weight excluding hydrogens is 375 g/mol. The quantitative estimate of drug-likeness (QED) is 0.300. The van der Waals surface area contributed by atoms with Crippen molar-refractivity contribution < 1.29 is 27.8 Å². The van der Waals surface area contributed by atoms with Crippen LogP contribution >= 0.6 is 0 Å². The van der Waals surface area contributed by atoms with Crippen LogP contribution in [-0.4, -0.2) is 56.2 Å². The van der Waals surface area contributed by atoms with Crippen LogP contribution in [0.5, 0.6) is 5.75 Å². The minimum absolute atomic E-state index is 0.000658. The Bertz CT molecular complexity index is 578. The maximum Gasteiger partial charge on any atom is 0.411 e. The van der Waals surface area contributed by atoms with E-state index in [2.05, 4.69) is 20.4 Å². The number of hydrogen-bond donors (Lipinski definition) is 3. The van der Waals surface area contributed by atoms with Crippen LogP contribution in [0, 0.1) is 0 Å². The molecule has 0 aromatic heterocycles. The fourth-order valence-electron chi connectivity index (χ4n) is 2.23. The van der Waals surface area contributed by atoms with Crippen LogP contribution in [0.15, 0.2) is 29.3 Å². The van der Waals surface area contributed by atoms with Crippen molar-refractivity contribution in [2.75, 3.05) is 32.8 Å². The second kappa shape index (κ2) is 12.5. The molecule has 0 saturated heterocycles. The minimum Gasteiger partial charge on any atom is -0.491 e. The molecule has 6 nitrogen and oxygen atoms in total. The highest BCUT2D eigenvalue weighted by Crippen LogP contribution is 2.19. The zero-order chi connectivity index (χ0) is 21.0. The molecule has 0 bridgehead atoms. The molecule has 1 atom stereocenters. The topological polar surface area (TPSA) is 75.1 Å². The average molecular weight is 405 g/mol. The first-order chi connectivity index (χ1) is 13.2. The molecule has 3 N–H and O–H groups in total. The van der Waals surface area contributed by atoms with E-state index in [0.717, 1.165) is 11.3 Å². The van der Waals surface area contributed by atoms with E-state index in [9.17, 15) is 18.3 Å². The van der Waals surface area contributed by atoms with Crippen molar-refractivity contribution in [2.24, 2.45) is 4.99 Å². The Hall–Kier alpha value is -2.00. The Labute approximate surface area is 164 Å². The number of nitrogens with one attached hydrogen (secondary N) is 2. The van der Waals surface area contributed by atoms with Gasteiger partial charge in [0.25, 0.3) is 0 Å². The fraction of sp³-hybridized carbons (Fsp3) is 0.632. The maximum absolute atomic E-state index is 12.0. The van der Waals surface area contributed by atoms with E-state index in [4.69, 9.17) is 4.74 Å². The SMILES string of the molecule is CCNC(=NCC(O)c1ccc(OC(C)C)cc1)NCCCOCC(F)(F)F. The predicted molar refractivity (Wildman–Crippen MR) is 103 cm³/mol. The Kier molecular flexibility index (Phi) is 10.7. The molecule has 0 aliphatic heterocycles. The monoisotopic (exact) mass is 405 g/mol.